The van der Waals surface area contributed by atoms with E-state index in [-0.39, 0.29) is 16.3 Å². The number of carbonyl (C=O) groups excluding carboxylic acids is 1. The molecule has 0 spiro atoms. The van der Waals surface area contributed by atoms with Crippen molar-refractivity contribution in [2.75, 3.05) is 6.26 Å². The lowest BCUT2D eigenvalue weighted by atomic mass is 10.1. The molecule has 1 fully saturated rings. The summed E-state index contributed by atoms with van der Waals surface area (Å²) in [6.45, 7) is 3.95. The summed E-state index contributed by atoms with van der Waals surface area (Å²) < 4.78 is 23.6. The lowest BCUT2D eigenvalue weighted by Gasteiger charge is -2.16. The Labute approximate surface area is 120 Å². The molecule has 1 aromatic carbocycles. The van der Waals surface area contributed by atoms with Crippen LogP contribution in [0.4, 0.5) is 0 Å². The second kappa shape index (κ2) is 5.20. The lowest BCUT2D eigenvalue weighted by molar-refractivity contribution is 0.0930. The summed E-state index contributed by atoms with van der Waals surface area (Å²) in [6.07, 6.45) is 4.72. The molecule has 0 aliphatic heterocycles. The van der Waals surface area contributed by atoms with Crippen LogP contribution in [0, 0.1) is 0 Å². The van der Waals surface area contributed by atoms with Gasteiger partial charge in [0, 0.05) is 17.4 Å². The van der Waals surface area contributed by atoms with Crippen molar-refractivity contribution in [3.05, 3.63) is 29.3 Å². The smallest absolute Gasteiger partial charge is 0.251 e. The van der Waals surface area contributed by atoms with E-state index in [0.29, 0.717) is 12.0 Å². The van der Waals surface area contributed by atoms with Crippen molar-refractivity contribution in [3.63, 3.8) is 0 Å². The van der Waals surface area contributed by atoms with Crippen molar-refractivity contribution in [3.8, 4) is 0 Å². The predicted molar refractivity (Wildman–Crippen MR) is 78.7 cm³/mol. The van der Waals surface area contributed by atoms with Gasteiger partial charge in [0.15, 0.2) is 9.84 Å². The number of amides is 1. The maximum Gasteiger partial charge on any atom is 0.251 e. The van der Waals surface area contributed by atoms with Crippen LogP contribution >= 0.6 is 0 Å². The van der Waals surface area contributed by atoms with Crippen molar-refractivity contribution in [2.45, 2.75) is 50.0 Å². The second-order valence-electron chi connectivity index (χ2n) is 5.54. The highest BCUT2D eigenvalue weighted by Gasteiger charge is 2.42. The Morgan fingerprint density at radius 1 is 1.30 bits per heavy atom. The van der Waals surface area contributed by atoms with E-state index in [4.69, 9.17) is 0 Å². The van der Waals surface area contributed by atoms with E-state index >= 15 is 0 Å². The van der Waals surface area contributed by atoms with Crippen LogP contribution in [0.15, 0.2) is 23.1 Å². The van der Waals surface area contributed by atoms with Crippen molar-refractivity contribution < 1.29 is 13.2 Å². The van der Waals surface area contributed by atoms with Gasteiger partial charge >= 0.3 is 0 Å². The fourth-order valence-electron chi connectivity index (χ4n) is 2.36. The lowest BCUT2D eigenvalue weighted by Crippen LogP contribution is -2.36. The summed E-state index contributed by atoms with van der Waals surface area (Å²) in [6, 6.07) is 4.93. The van der Waals surface area contributed by atoms with E-state index in [0.717, 1.165) is 24.8 Å². The van der Waals surface area contributed by atoms with Crippen molar-refractivity contribution in [1.82, 2.24) is 5.32 Å². The third kappa shape index (κ3) is 3.03. The zero-order valence-electron chi connectivity index (χ0n) is 12.2. The molecular formula is C15H21NO3S. The molecule has 1 aromatic rings. The molecule has 0 bridgehead atoms. The molecule has 1 aliphatic rings. The predicted octanol–water partition coefficient (Wildman–Crippen LogP) is 2.32. The first-order chi connectivity index (χ1) is 9.31. The highest BCUT2D eigenvalue weighted by Crippen LogP contribution is 2.38. The molecule has 1 amide bonds. The molecule has 0 heterocycles. The molecular weight excluding hydrogens is 274 g/mol. The van der Waals surface area contributed by atoms with Gasteiger partial charge in [0.05, 0.1) is 4.90 Å². The molecule has 1 N–H and O–H groups in total. The molecule has 0 atom stereocenters. The highest BCUT2D eigenvalue weighted by molar-refractivity contribution is 7.90. The quantitative estimate of drug-likeness (QED) is 0.906. The Hall–Kier alpha value is -1.36. The summed E-state index contributed by atoms with van der Waals surface area (Å²) in [5.41, 5.74) is 1.11. The van der Waals surface area contributed by atoms with E-state index in [1.165, 1.54) is 12.3 Å². The van der Waals surface area contributed by atoms with Crippen LogP contribution in [0.3, 0.4) is 0 Å². The fourth-order valence-corrected chi connectivity index (χ4v) is 3.39. The third-order valence-corrected chi connectivity index (χ3v) is 5.20. The van der Waals surface area contributed by atoms with Gasteiger partial charge in [-0.3, -0.25) is 4.79 Å². The van der Waals surface area contributed by atoms with E-state index in [2.05, 4.69) is 12.2 Å². The van der Waals surface area contributed by atoms with Gasteiger partial charge in [-0.15, -0.1) is 0 Å². The summed E-state index contributed by atoms with van der Waals surface area (Å²) in [4.78, 5) is 12.5. The molecule has 1 aliphatic carbocycles. The molecule has 0 unspecified atom stereocenters. The van der Waals surface area contributed by atoms with Gasteiger partial charge in [0.1, 0.15) is 0 Å². The minimum absolute atomic E-state index is 0.0637. The molecule has 110 valence electrons. The monoisotopic (exact) mass is 295 g/mol. The Bertz CT molecular complexity index is 631. The minimum atomic E-state index is -3.32. The van der Waals surface area contributed by atoms with E-state index in [9.17, 15) is 13.2 Å². The standard InChI is InChI=1S/C15H21NO3S/c1-4-11-6-7-12(10-13(11)20(3,18)19)14(17)16-15(5-2)8-9-15/h6-7,10H,4-5,8-9H2,1-3H3,(H,16,17). The first kappa shape index (κ1) is 15.0. The molecule has 4 nitrogen and oxygen atoms in total. The SMILES string of the molecule is CCc1ccc(C(=O)NC2(CC)CC2)cc1S(C)(=O)=O. The van der Waals surface area contributed by atoms with Crippen molar-refractivity contribution in [1.29, 1.82) is 0 Å². The number of hydrogen-bond donors (Lipinski definition) is 1. The van der Waals surface area contributed by atoms with Crippen LogP contribution in [-0.2, 0) is 16.3 Å². The summed E-state index contributed by atoms with van der Waals surface area (Å²) >= 11 is 0. The Morgan fingerprint density at radius 2 is 1.95 bits per heavy atom. The summed E-state index contributed by atoms with van der Waals surface area (Å²) in [7, 11) is -3.32. The number of nitrogens with one attached hydrogen (secondary N) is 1. The van der Waals surface area contributed by atoms with Crippen LogP contribution in [-0.4, -0.2) is 26.1 Å². The molecule has 2 rings (SSSR count). The minimum Gasteiger partial charge on any atom is -0.347 e. The fraction of sp³-hybridized carbons (Fsp3) is 0.533. The zero-order chi connectivity index (χ0) is 15.0. The van der Waals surface area contributed by atoms with Crippen LogP contribution in [0.1, 0.15) is 49.0 Å². The normalized spacial score (nSPS) is 16.8. The Kier molecular flexibility index (Phi) is 3.91. The van der Waals surface area contributed by atoms with Crippen LogP contribution in [0.25, 0.3) is 0 Å². The topological polar surface area (TPSA) is 63.2 Å². The first-order valence-corrected chi connectivity index (χ1v) is 8.86. The van der Waals surface area contributed by atoms with Gasteiger partial charge in [0.2, 0.25) is 0 Å². The molecule has 1 saturated carbocycles. The Balaban J connectivity index is 2.32. The van der Waals surface area contributed by atoms with Gasteiger partial charge in [-0.25, -0.2) is 8.42 Å². The maximum absolute atomic E-state index is 12.2. The first-order valence-electron chi connectivity index (χ1n) is 6.97. The number of benzene rings is 1. The molecule has 0 aromatic heterocycles. The summed E-state index contributed by atoms with van der Waals surface area (Å²) in [5, 5.41) is 3.02. The Morgan fingerprint density at radius 3 is 2.40 bits per heavy atom. The number of hydrogen-bond acceptors (Lipinski definition) is 3. The van der Waals surface area contributed by atoms with E-state index in [1.54, 1.807) is 12.1 Å². The van der Waals surface area contributed by atoms with Gasteiger partial charge in [-0.1, -0.05) is 19.9 Å². The van der Waals surface area contributed by atoms with Gasteiger partial charge < -0.3 is 5.32 Å². The largest absolute Gasteiger partial charge is 0.347 e. The number of rotatable bonds is 5. The van der Waals surface area contributed by atoms with Crippen LogP contribution < -0.4 is 5.32 Å². The van der Waals surface area contributed by atoms with E-state index in [1.807, 2.05) is 6.92 Å². The van der Waals surface area contributed by atoms with Gasteiger partial charge in [-0.2, -0.15) is 0 Å². The van der Waals surface area contributed by atoms with Crippen molar-refractivity contribution >= 4 is 15.7 Å². The van der Waals surface area contributed by atoms with Gasteiger partial charge in [-0.05, 0) is 43.4 Å². The molecule has 0 saturated heterocycles. The molecule has 5 heteroatoms. The zero-order valence-corrected chi connectivity index (χ0v) is 13.0. The van der Waals surface area contributed by atoms with Crippen LogP contribution in [0.5, 0.6) is 0 Å². The average molecular weight is 295 g/mol. The maximum atomic E-state index is 12.2. The van der Waals surface area contributed by atoms with Crippen LogP contribution in [0.2, 0.25) is 0 Å². The number of sulfone groups is 1. The third-order valence-electron chi connectivity index (χ3n) is 4.02. The second-order valence-corrected chi connectivity index (χ2v) is 7.52. The average Bonchev–Trinajstić information content (AvgIpc) is 3.17. The molecule has 20 heavy (non-hydrogen) atoms. The van der Waals surface area contributed by atoms with E-state index < -0.39 is 9.84 Å². The highest BCUT2D eigenvalue weighted by atomic mass is 32.2. The van der Waals surface area contributed by atoms with Gasteiger partial charge in [0.25, 0.3) is 5.91 Å². The number of aryl methyl sites for hydroxylation is 1. The van der Waals surface area contributed by atoms with Crippen molar-refractivity contribution in [2.24, 2.45) is 0 Å². The summed E-state index contributed by atoms with van der Waals surface area (Å²) in [5.74, 6) is -0.183. The number of carbonyl (C=O) groups is 1. The molecule has 0 radical (unpaired) electrons.